The highest BCUT2D eigenvalue weighted by Gasteiger charge is 2.17. The molecule has 16 heavy (non-hydrogen) atoms. The minimum atomic E-state index is 0.818. The molecule has 2 aromatic carbocycles. The summed E-state index contributed by atoms with van der Waals surface area (Å²) in [6.07, 6.45) is 1.04. The molecule has 0 unspecified atom stereocenters. The quantitative estimate of drug-likeness (QED) is 0.698. The van der Waals surface area contributed by atoms with Gasteiger partial charge in [0.25, 0.3) is 0 Å². The van der Waals surface area contributed by atoms with Crippen molar-refractivity contribution in [2.75, 3.05) is 6.61 Å². The minimum Gasteiger partial charge on any atom is -0.492 e. The molecule has 0 saturated heterocycles. The Morgan fingerprint density at radius 3 is 2.62 bits per heavy atom. The SMILES string of the molecule is Cc1ccccc1-c1cccc2c1OCC2. The Morgan fingerprint density at radius 2 is 1.75 bits per heavy atom. The molecule has 0 N–H and O–H groups in total. The molecule has 0 bridgehead atoms. The first-order chi connectivity index (χ1) is 7.86. The lowest BCUT2D eigenvalue weighted by Gasteiger charge is -2.10. The van der Waals surface area contributed by atoms with Crippen LogP contribution < -0.4 is 4.74 Å². The number of rotatable bonds is 1. The van der Waals surface area contributed by atoms with Gasteiger partial charge in [-0.25, -0.2) is 0 Å². The van der Waals surface area contributed by atoms with Crippen LogP contribution in [0.4, 0.5) is 0 Å². The van der Waals surface area contributed by atoms with Crippen LogP contribution in [0.2, 0.25) is 0 Å². The molecule has 1 nitrogen and oxygen atoms in total. The molecule has 0 fully saturated rings. The molecule has 80 valence electrons. The second-order valence-corrected chi connectivity index (χ2v) is 4.21. The molecule has 0 aromatic heterocycles. The molecular formula is C15H14O. The van der Waals surface area contributed by atoms with E-state index >= 15 is 0 Å². The first-order valence-corrected chi connectivity index (χ1v) is 5.67. The minimum absolute atomic E-state index is 0.818. The molecule has 0 spiro atoms. The number of para-hydroxylation sites is 1. The number of hydrogen-bond acceptors (Lipinski definition) is 1. The van der Waals surface area contributed by atoms with Crippen LogP contribution in [0.25, 0.3) is 11.1 Å². The van der Waals surface area contributed by atoms with Crippen LogP contribution in [0.1, 0.15) is 11.1 Å². The van der Waals surface area contributed by atoms with E-state index in [-0.39, 0.29) is 0 Å². The summed E-state index contributed by atoms with van der Waals surface area (Å²) in [5.41, 5.74) is 5.14. The van der Waals surface area contributed by atoms with Crippen LogP contribution in [0.3, 0.4) is 0 Å². The van der Waals surface area contributed by atoms with Crippen LogP contribution in [-0.2, 0) is 6.42 Å². The highest BCUT2D eigenvalue weighted by molar-refractivity contribution is 5.75. The Labute approximate surface area is 95.7 Å². The molecule has 1 aliphatic rings. The van der Waals surface area contributed by atoms with Crippen LogP contribution >= 0.6 is 0 Å². The van der Waals surface area contributed by atoms with Gasteiger partial charge < -0.3 is 4.74 Å². The van der Waals surface area contributed by atoms with Gasteiger partial charge in [-0.05, 0) is 23.6 Å². The molecule has 0 aliphatic carbocycles. The fourth-order valence-corrected chi connectivity index (χ4v) is 2.30. The molecule has 0 saturated carbocycles. The number of fused-ring (bicyclic) bond motifs is 1. The standard InChI is InChI=1S/C15H14O/c1-11-5-2-3-7-13(11)14-8-4-6-12-9-10-16-15(12)14/h2-8H,9-10H2,1H3. The second kappa shape index (κ2) is 3.67. The first-order valence-electron chi connectivity index (χ1n) is 5.67. The van der Waals surface area contributed by atoms with Gasteiger partial charge in [0.15, 0.2) is 0 Å². The summed E-state index contributed by atoms with van der Waals surface area (Å²) in [5, 5.41) is 0. The van der Waals surface area contributed by atoms with Gasteiger partial charge in [0.05, 0.1) is 6.61 Å². The normalized spacial score (nSPS) is 13.3. The zero-order chi connectivity index (χ0) is 11.0. The van der Waals surface area contributed by atoms with Crippen molar-refractivity contribution in [1.29, 1.82) is 0 Å². The van der Waals surface area contributed by atoms with Crippen molar-refractivity contribution in [2.24, 2.45) is 0 Å². The first kappa shape index (κ1) is 9.46. The maximum absolute atomic E-state index is 5.74. The summed E-state index contributed by atoms with van der Waals surface area (Å²) >= 11 is 0. The van der Waals surface area contributed by atoms with Crippen LogP contribution in [-0.4, -0.2) is 6.61 Å². The summed E-state index contributed by atoms with van der Waals surface area (Å²) in [6, 6.07) is 14.9. The molecule has 0 amide bonds. The topological polar surface area (TPSA) is 9.23 Å². The van der Waals surface area contributed by atoms with Crippen LogP contribution in [0.5, 0.6) is 5.75 Å². The van der Waals surface area contributed by atoms with E-state index in [9.17, 15) is 0 Å². The number of benzene rings is 2. The highest BCUT2D eigenvalue weighted by atomic mass is 16.5. The predicted molar refractivity (Wildman–Crippen MR) is 65.8 cm³/mol. The lowest BCUT2D eigenvalue weighted by Crippen LogP contribution is -1.89. The van der Waals surface area contributed by atoms with Crippen molar-refractivity contribution in [3.8, 4) is 16.9 Å². The van der Waals surface area contributed by atoms with Crippen LogP contribution in [0, 0.1) is 6.92 Å². The summed E-state index contributed by atoms with van der Waals surface area (Å²) in [7, 11) is 0. The zero-order valence-corrected chi connectivity index (χ0v) is 9.36. The molecule has 1 aliphatic heterocycles. The summed E-state index contributed by atoms with van der Waals surface area (Å²) in [4.78, 5) is 0. The number of hydrogen-bond donors (Lipinski definition) is 0. The van der Waals surface area contributed by atoms with E-state index in [0.717, 1.165) is 18.8 Å². The van der Waals surface area contributed by atoms with Crippen molar-refractivity contribution in [1.82, 2.24) is 0 Å². The van der Waals surface area contributed by atoms with Gasteiger partial charge in [0.2, 0.25) is 0 Å². The maximum Gasteiger partial charge on any atom is 0.130 e. The Kier molecular flexibility index (Phi) is 2.17. The third-order valence-corrected chi connectivity index (χ3v) is 3.15. The van der Waals surface area contributed by atoms with Gasteiger partial charge >= 0.3 is 0 Å². The van der Waals surface area contributed by atoms with E-state index in [0.29, 0.717) is 0 Å². The summed E-state index contributed by atoms with van der Waals surface area (Å²) < 4.78 is 5.74. The van der Waals surface area contributed by atoms with E-state index in [1.807, 2.05) is 0 Å². The van der Waals surface area contributed by atoms with E-state index < -0.39 is 0 Å². The second-order valence-electron chi connectivity index (χ2n) is 4.21. The van der Waals surface area contributed by atoms with Gasteiger partial charge in [0, 0.05) is 12.0 Å². The monoisotopic (exact) mass is 210 g/mol. The van der Waals surface area contributed by atoms with Gasteiger partial charge in [-0.1, -0.05) is 42.5 Å². The van der Waals surface area contributed by atoms with Crippen molar-refractivity contribution < 1.29 is 4.74 Å². The fraction of sp³-hybridized carbons (Fsp3) is 0.200. The average Bonchev–Trinajstić information content (AvgIpc) is 2.77. The number of aryl methyl sites for hydroxylation is 1. The average molecular weight is 210 g/mol. The molecule has 1 heterocycles. The molecule has 0 atom stereocenters. The highest BCUT2D eigenvalue weighted by Crippen LogP contribution is 2.37. The molecule has 1 heteroatoms. The summed E-state index contributed by atoms with van der Waals surface area (Å²) in [6.45, 7) is 2.96. The molecule has 0 radical (unpaired) electrons. The third-order valence-electron chi connectivity index (χ3n) is 3.15. The van der Waals surface area contributed by atoms with Crippen molar-refractivity contribution in [3.63, 3.8) is 0 Å². The van der Waals surface area contributed by atoms with Gasteiger partial charge in [-0.15, -0.1) is 0 Å². The Balaban J connectivity index is 2.21. The van der Waals surface area contributed by atoms with E-state index in [4.69, 9.17) is 4.74 Å². The third kappa shape index (κ3) is 1.40. The van der Waals surface area contributed by atoms with Crippen molar-refractivity contribution >= 4 is 0 Å². The van der Waals surface area contributed by atoms with Crippen molar-refractivity contribution in [3.05, 3.63) is 53.6 Å². The predicted octanol–water partition coefficient (Wildman–Crippen LogP) is 3.60. The molecule has 3 rings (SSSR count). The lowest BCUT2D eigenvalue weighted by molar-refractivity contribution is 0.358. The maximum atomic E-state index is 5.74. The summed E-state index contributed by atoms with van der Waals surface area (Å²) in [5.74, 6) is 1.08. The van der Waals surface area contributed by atoms with Gasteiger partial charge in [-0.2, -0.15) is 0 Å². The lowest BCUT2D eigenvalue weighted by atomic mass is 9.98. The largest absolute Gasteiger partial charge is 0.492 e. The van der Waals surface area contributed by atoms with E-state index in [2.05, 4.69) is 49.4 Å². The molecular weight excluding hydrogens is 196 g/mol. The number of ether oxygens (including phenoxy) is 1. The Hall–Kier alpha value is -1.76. The van der Waals surface area contributed by atoms with Crippen molar-refractivity contribution in [2.45, 2.75) is 13.3 Å². The fourth-order valence-electron chi connectivity index (χ4n) is 2.30. The Bertz CT molecular complexity index is 529. The van der Waals surface area contributed by atoms with Crippen LogP contribution in [0.15, 0.2) is 42.5 Å². The zero-order valence-electron chi connectivity index (χ0n) is 9.36. The van der Waals surface area contributed by atoms with Gasteiger partial charge in [-0.3, -0.25) is 0 Å². The van der Waals surface area contributed by atoms with E-state index in [1.165, 1.54) is 22.3 Å². The smallest absolute Gasteiger partial charge is 0.130 e. The molecule has 2 aromatic rings. The van der Waals surface area contributed by atoms with Gasteiger partial charge in [0.1, 0.15) is 5.75 Å². The van der Waals surface area contributed by atoms with E-state index in [1.54, 1.807) is 0 Å². The Morgan fingerprint density at radius 1 is 0.938 bits per heavy atom.